The molecule has 0 bridgehead atoms. The van der Waals surface area contributed by atoms with Gasteiger partial charge in [-0.05, 0) is 49.4 Å². The van der Waals surface area contributed by atoms with Crippen LogP contribution in [0.15, 0.2) is 89.1 Å². The largest absolute Gasteiger partial charge is 0.272 e. The number of rotatable bonds is 7. The summed E-state index contributed by atoms with van der Waals surface area (Å²) in [5.74, 6) is 0.514. The topological polar surface area (TPSA) is 72.2 Å². The summed E-state index contributed by atoms with van der Waals surface area (Å²) in [5, 5.41) is 14.7. The Morgan fingerprint density at radius 1 is 0.970 bits per heavy atom. The van der Waals surface area contributed by atoms with Gasteiger partial charge in [0, 0.05) is 26.9 Å². The third kappa shape index (κ3) is 5.63. The lowest BCUT2D eigenvalue weighted by Gasteiger charge is -2.10. The molecule has 0 saturated carbocycles. The standard InChI is InChI=1S/C24H19Cl2N5OS/c1-16(20-9-5-6-10-21(20)26)27-28-22(32)15-33-24-30-29-23(17-11-13-18(25)14-12-17)31(24)19-7-3-2-4-8-19/h2-14H,15H2,1H3,(H,28,32)/b27-16-. The molecule has 0 radical (unpaired) electrons. The van der Waals surface area contributed by atoms with E-state index in [1.54, 1.807) is 25.1 Å². The lowest BCUT2D eigenvalue weighted by atomic mass is 10.1. The molecule has 1 aromatic heterocycles. The number of thioether (sulfide) groups is 1. The van der Waals surface area contributed by atoms with Crippen LogP contribution in [0.4, 0.5) is 0 Å². The van der Waals surface area contributed by atoms with Crippen LogP contribution in [0.2, 0.25) is 10.0 Å². The van der Waals surface area contributed by atoms with Crippen molar-refractivity contribution in [2.45, 2.75) is 12.1 Å². The van der Waals surface area contributed by atoms with Crippen LogP contribution in [0.25, 0.3) is 17.1 Å². The van der Waals surface area contributed by atoms with Crippen molar-refractivity contribution < 1.29 is 4.79 Å². The van der Waals surface area contributed by atoms with Crippen molar-refractivity contribution in [3.05, 3.63) is 94.5 Å². The molecule has 0 unspecified atom stereocenters. The van der Waals surface area contributed by atoms with Crippen molar-refractivity contribution >= 4 is 46.6 Å². The van der Waals surface area contributed by atoms with Crippen LogP contribution >= 0.6 is 35.0 Å². The lowest BCUT2D eigenvalue weighted by molar-refractivity contribution is -0.118. The second-order valence-corrected chi connectivity index (χ2v) is 8.77. The summed E-state index contributed by atoms with van der Waals surface area (Å²) in [6.07, 6.45) is 0. The summed E-state index contributed by atoms with van der Waals surface area (Å²) >= 11 is 13.5. The number of hydrogen-bond donors (Lipinski definition) is 1. The molecule has 9 heteroatoms. The zero-order chi connectivity index (χ0) is 23.2. The molecule has 0 spiro atoms. The van der Waals surface area contributed by atoms with Crippen molar-refractivity contribution in [3.8, 4) is 17.1 Å². The van der Waals surface area contributed by atoms with Gasteiger partial charge in [-0.3, -0.25) is 9.36 Å². The zero-order valence-corrected chi connectivity index (χ0v) is 19.9. The SMILES string of the molecule is C/C(=N/NC(=O)CSc1nnc(-c2ccc(Cl)cc2)n1-c1ccccc1)c1ccccc1Cl. The number of benzene rings is 3. The molecule has 166 valence electrons. The minimum atomic E-state index is -0.262. The minimum Gasteiger partial charge on any atom is -0.272 e. The number of carbonyl (C=O) groups excluding carboxylic acids is 1. The van der Waals surface area contributed by atoms with E-state index in [4.69, 9.17) is 23.2 Å². The van der Waals surface area contributed by atoms with Crippen LogP contribution in [0, 0.1) is 0 Å². The highest BCUT2D eigenvalue weighted by Gasteiger charge is 2.17. The zero-order valence-electron chi connectivity index (χ0n) is 17.6. The molecular formula is C24H19Cl2N5OS. The average molecular weight is 496 g/mol. The smallest absolute Gasteiger partial charge is 0.250 e. The first kappa shape index (κ1) is 23.0. The molecule has 0 saturated heterocycles. The Labute approximate surface area is 205 Å². The van der Waals surface area contributed by atoms with E-state index in [0.29, 0.717) is 26.7 Å². The molecule has 4 aromatic rings. The number of amides is 1. The predicted octanol–water partition coefficient (Wildman–Crippen LogP) is 5.87. The van der Waals surface area contributed by atoms with Gasteiger partial charge in [0.05, 0.1) is 11.5 Å². The summed E-state index contributed by atoms with van der Waals surface area (Å²) in [6, 6.07) is 24.5. The summed E-state index contributed by atoms with van der Waals surface area (Å²) in [5.41, 5.74) is 5.73. The molecule has 0 atom stereocenters. The van der Waals surface area contributed by atoms with Gasteiger partial charge in [0.2, 0.25) is 0 Å². The molecule has 1 heterocycles. The van der Waals surface area contributed by atoms with E-state index in [1.807, 2.05) is 65.2 Å². The molecule has 1 amide bonds. The molecule has 1 N–H and O–H groups in total. The van der Waals surface area contributed by atoms with Crippen molar-refractivity contribution in [3.63, 3.8) is 0 Å². The molecule has 0 aliphatic carbocycles. The number of nitrogens with one attached hydrogen (secondary N) is 1. The van der Waals surface area contributed by atoms with Crippen LogP contribution in [0.3, 0.4) is 0 Å². The molecule has 0 aliphatic rings. The quantitative estimate of drug-likeness (QED) is 0.197. The Hall–Kier alpha value is -3.13. The fraction of sp³-hybridized carbons (Fsp3) is 0.0833. The third-order valence-electron chi connectivity index (χ3n) is 4.69. The van der Waals surface area contributed by atoms with E-state index >= 15 is 0 Å². The van der Waals surface area contributed by atoms with Crippen LogP contribution in [-0.4, -0.2) is 32.1 Å². The first-order valence-corrected chi connectivity index (χ1v) is 11.7. The van der Waals surface area contributed by atoms with Crippen molar-refractivity contribution in [1.29, 1.82) is 0 Å². The maximum absolute atomic E-state index is 12.5. The van der Waals surface area contributed by atoms with E-state index in [2.05, 4.69) is 20.7 Å². The molecule has 33 heavy (non-hydrogen) atoms. The normalized spacial score (nSPS) is 11.4. The molecule has 3 aromatic carbocycles. The number of aromatic nitrogens is 3. The fourth-order valence-electron chi connectivity index (χ4n) is 3.08. The Morgan fingerprint density at radius 3 is 2.39 bits per heavy atom. The maximum Gasteiger partial charge on any atom is 0.250 e. The Bertz CT molecular complexity index is 1290. The molecular weight excluding hydrogens is 477 g/mol. The van der Waals surface area contributed by atoms with E-state index in [-0.39, 0.29) is 11.7 Å². The van der Waals surface area contributed by atoms with Gasteiger partial charge in [0.25, 0.3) is 5.91 Å². The number of para-hydroxylation sites is 1. The third-order valence-corrected chi connectivity index (χ3v) is 6.21. The number of halogens is 2. The van der Waals surface area contributed by atoms with E-state index in [1.165, 1.54) is 11.8 Å². The van der Waals surface area contributed by atoms with Gasteiger partial charge < -0.3 is 0 Å². The summed E-state index contributed by atoms with van der Waals surface area (Å²) in [6.45, 7) is 1.79. The second kappa shape index (κ2) is 10.7. The summed E-state index contributed by atoms with van der Waals surface area (Å²) < 4.78 is 1.92. The van der Waals surface area contributed by atoms with E-state index in [9.17, 15) is 4.79 Å². The minimum absolute atomic E-state index is 0.116. The van der Waals surface area contributed by atoms with Gasteiger partial charge in [0.15, 0.2) is 11.0 Å². The maximum atomic E-state index is 12.5. The number of hydrogen-bond acceptors (Lipinski definition) is 5. The Kier molecular flexibility index (Phi) is 7.44. The van der Waals surface area contributed by atoms with E-state index in [0.717, 1.165) is 16.8 Å². The van der Waals surface area contributed by atoms with Crippen molar-refractivity contribution in [1.82, 2.24) is 20.2 Å². The summed E-state index contributed by atoms with van der Waals surface area (Å²) in [7, 11) is 0. The Morgan fingerprint density at radius 2 is 1.67 bits per heavy atom. The van der Waals surface area contributed by atoms with Crippen LogP contribution in [-0.2, 0) is 4.79 Å². The van der Waals surface area contributed by atoms with Gasteiger partial charge in [-0.25, -0.2) is 5.43 Å². The van der Waals surface area contributed by atoms with Crippen LogP contribution < -0.4 is 5.43 Å². The monoisotopic (exact) mass is 495 g/mol. The number of hydrazone groups is 1. The first-order chi connectivity index (χ1) is 16.0. The number of nitrogens with zero attached hydrogens (tertiary/aromatic N) is 4. The predicted molar refractivity (Wildman–Crippen MR) is 134 cm³/mol. The van der Waals surface area contributed by atoms with Crippen molar-refractivity contribution in [2.24, 2.45) is 5.10 Å². The highest BCUT2D eigenvalue weighted by Crippen LogP contribution is 2.28. The molecule has 0 aliphatic heterocycles. The van der Waals surface area contributed by atoms with Gasteiger partial charge in [0.1, 0.15) is 0 Å². The fourth-order valence-corrected chi connectivity index (χ4v) is 4.23. The van der Waals surface area contributed by atoms with Gasteiger partial charge in [-0.15, -0.1) is 10.2 Å². The van der Waals surface area contributed by atoms with Gasteiger partial charge in [-0.1, -0.05) is 71.4 Å². The van der Waals surface area contributed by atoms with Gasteiger partial charge >= 0.3 is 0 Å². The van der Waals surface area contributed by atoms with Crippen molar-refractivity contribution in [2.75, 3.05) is 5.75 Å². The molecule has 0 fully saturated rings. The molecule has 4 rings (SSSR count). The lowest BCUT2D eigenvalue weighted by Crippen LogP contribution is -2.21. The van der Waals surface area contributed by atoms with Gasteiger partial charge in [-0.2, -0.15) is 5.10 Å². The average Bonchev–Trinajstić information content (AvgIpc) is 3.26. The molecule has 6 nitrogen and oxygen atoms in total. The Balaban J connectivity index is 1.52. The number of carbonyl (C=O) groups is 1. The summed E-state index contributed by atoms with van der Waals surface area (Å²) in [4.78, 5) is 12.5. The van der Waals surface area contributed by atoms with Crippen LogP contribution in [0.1, 0.15) is 12.5 Å². The highest BCUT2D eigenvalue weighted by molar-refractivity contribution is 7.99. The first-order valence-electron chi connectivity index (χ1n) is 10.0. The van der Waals surface area contributed by atoms with Crippen LogP contribution in [0.5, 0.6) is 0 Å². The highest BCUT2D eigenvalue weighted by atomic mass is 35.5. The van der Waals surface area contributed by atoms with E-state index < -0.39 is 0 Å². The second-order valence-electron chi connectivity index (χ2n) is 6.98.